The number of halogens is 2. The van der Waals surface area contributed by atoms with E-state index in [1.54, 1.807) is 18.2 Å². The molecule has 0 aromatic heterocycles. The standard InChI is InChI=1S/C17H18BF2/c1-3-17(2,14-7-5-9-16(20)11-14)18-12-13-6-4-8-15(19)10-13/h4-11H,3,12H2,1-2H3. The van der Waals surface area contributed by atoms with Gasteiger partial charge in [0, 0.05) is 0 Å². The molecule has 0 amide bonds. The monoisotopic (exact) mass is 271 g/mol. The van der Waals surface area contributed by atoms with E-state index in [0.29, 0.717) is 6.32 Å². The Balaban J connectivity index is 2.15. The Morgan fingerprint density at radius 3 is 2.25 bits per heavy atom. The van der Waals surface area contributed by atoms with E-state index in [4.69, 9.17) is 0 Å². The molecule has 2 aromatic carbocycles. The molecule has 0 heterocycles. The minimum atomic E-state index is -0.222. The molecule has 103 valence electrons. The predicted octanol–water partition coefficient (Wildman–Crippen LogP) is 4.49. The summed E-state index contributed by atoms with van der Waals surface area (Å²) in [5.41, 5.74) is 1.89. The van der Waals surface area contributed by atoms with Crippen molar-refractivity contribution in [3.8, 4) is 0 Å². The van der Waals surface area contributed by atoms with Crippen LogP contribution in [-0.4, -0.2) is 7.28 Å². The highest BCUT2D eigenvalue weighted by Crippen LogP contribution is 2.27. The van der Waals surface area contributed by atoms with Gasteiger partial charge in [0.15, 0.2) is 0 Å². The average Bonchev–Trinajstić information content (AvgIpc) is 2.45. The molecule has 0 aliphatic carbocycles. The molecule has 0 spiro atoms. The van der Waals surface area contributed by atoms with Crippen molar-refractivity contribution < 1.29 is 8.78 Å². The second-order valence-corrected chi connectivity index (χ2v) is 5.32. The first-order chi connectivity index (χ1) is 9.53. The lowest BCUT2D eigenvalue weighted by Crippen LogP contribution is -2.30. The van der Waals surface area contributed by atoms with Crippen molar-refractivity contribution in [3.63, 3.8) is 0 Å². The molecule has 0 fully saturated rings. The molecule has 2 rings (SSSR count). The van der Waals surface area contributed by atoms with E-state index < -0.39 is 0 Å². The molecule has 0 saturated heterocycles. The second-order valence-electron chi connectivity index (χ2n) is 5.32. The number of hydrogen-bond donors (Lipinski definition) is 0. The van der Waals surface area contributed by atoms with Crippen LogP contribution in [0.15, 0.2) is 48.5 Å². The van der Waals surface area contributed by atoms with Crippen molar-refractivity contribution in [2.24, 2.45) is 0 Å². The van der Waals surface area contributed by atoms with Crippen molar-refractivity contribution in [2.75, 3.05) is 0 Å². The van der Waals surface area contributed by atoms with Gasteiger partial charge in [0.25, 0.3) is 0 Å². The Kier molecular flexibility index (Phi) is 4.59. The quantitative estimate of drug-likeness (QED) is 0.702. The van der Waals surface area contributed by atoms with Crippen molar-refractivity contribution in [2.45, 2.75) is 31.9 Å². The van der Waals surface area contributed by atoms with Crippen LogP contribution in [0.4, 0.5) is 8.78 Å². The molecule has 0 N–H and O–H groups in total. The van der Waals surface area contributed by atoms with E-state index in [-0.39, 0.29) is 16.9 Å². The zero-order valence-corrected chi connectivity index (χ0v) is 11.9. The topological polar surface area (TPSA) is 0 Å². The van der Waals surface area contributed by atoms with Gasteiger partial charge in [0.05, 0.1) is 0 Å². The van der Waals surface area contributed by atoms with Crippen molar-refractivity contribution in [1.82, 2.24) is 0 Å². The number of rotatable bonds is 5. The summed E-state index contributed by atoms with van der Waals surface area (Å²) in [5.74, 6) is -0.443. The molecule has 0 bridgehead atoms. The maximum atomic E-state index is 13.4. The Morgan fingerprint density at radius 2 is 1.65 bits per heavy atom. The van der Waals surface area contributed by atoms with E-state index in [9.17, 15) is 8.78 Å². The normalized spacial score (nSPS) is 13.8. The van der Waals surface area contributed by atoms with Crippen molar-refractivity contribution in [3.05, 3.63) is 71.3 Å². The molecule has 20 heavy (non-hydrogen) atoms. The molecular weight excluding hydrogens is 253 g/mol. The summed E-state index contributed by atoms with van der Waals surface area (Å²) in [6, 6.07) is 13.3. The molecule has 0 saturated carbocycles. The van der Waals surface area contributed by atoms with Crippen molar-refractivity contribution >= 4 is 7.28 Å². The Bertz CT molecular complexity index is 583. The molecule has 2 aromatic rings. The van der Waals surface area contributed by atoms with Crippen LogP contribution in [0.3, 0.4) is 0 Å². The number of benzene rings is 2. The highest BCUT2D eigenvalue weighted by molar-refractivity contribution is 6.39. The van der Waals surface area contributed by atoms with Gasteiger partial charge in [-0.3, -0.25) is 0 Å². The smallest absolute Gasteiger partial charge is 0.129 e. The highest BCUT2D eigenvalue weighted by Gasteiger charge is 2.25. The third-order valence-corrected chi connectivity index (χ3v) is 3.90. The van der Waals surface area contributed by atoms with Gasteiger partial charge in [-0.2, -0.15) is 0 Å². The lowest BCUT2D eigenvalue weighted by molar-refractivity contribution is 0.600. The van der Waals surface area contributed by atoms with Crippen LogP contribution in [0.5, 0.6) is 0 Å². The largest absolute Gasteiger partial charge is 0.207 e. The summed E-state index contributed by atoms with van der Waals surface area (Å²) in [7, 11) is 2.14. The zero-order chi connectivity index (χ0) is 14.6. The van der Waals surface area contributed by atoms with Gasteiger partial charge in [0.2, 0.25) is 0 Å². The molecule has 3 heteroatoms. The first-order valence-corrected chi connectivity index (χ1v) is 6.88. The summed E-state index contributed by atoms with van der Waals surface area (Å²) in [4.78, 5) is 0. The molecule has 1 radical (unpaired) electrons. The van der Waals surface area contributed by atoms with Gasteiger partial charge in [-0.05, 0) is 35.1 Å². The van der Waals surface area contributed by atoms with E-state index in [0.717, 1.165) is 17.5 Å². The van der Waals surface area contributed by atoms with Gasteiger partial charge < -0.3 is 0 Å². The number of hydrogen-bond acceptors (Lipinski definition) is 0. The summed E-state index contributed by atoms with van der Waals surface area (Å²) >= 11 is 0. The van der Waals surface area contributed by atoms with Gasteiger partial charge >= 0.3 is 0 Å². The van der Waals surface area contributed by atoms with Gasteiger partial charge in [-0.1, -0.05) is 56.4 Å². The molecule has 0 nitrogen and oxygen atoms in total. The SMILES string of the molecule is CCC(C)([B]Cc1cccc(F)c1)c1cccc(F)c1. The Hall–Kier alpha value is -1.64. The second kappa shape index (κ2) is 6.21. The third kappa shape index (κ3) is 3.47. The van der Waals surface area contributed by atoms with E-state index >= 15 is 0 Å². The van der Waals surface area contributed by atoms with Crippen LogP contribution >= 0.6 is 0 Å². The maximum absolute atomic E-state index is 13.4. The first kappa shape index (κ1) is 14.8. The van der Waals surface area contributed by atoms with Gasteiger partial charge in [-0.25, -0.2) is 8.78 Å². The Labute approximate surface area is 120 Å². The molecule has 1 atom stereocenters. The van der Waals surface area contributed by atoms with E-state index in [1.165, 1.54) is 18.2 Å². The van der Waals surface area contributed by atoms with E-state index in [2.05, 4.69) is 21.1 Å². The van der Waals surface area contributed by atoms with Gasteiger partial charge in [-0.15, -0.1) is 0 Å². The summed E-state index contributed by atoms with van der Waals surface area (Å²) in [5, 5.41) is -0.214. The molecular formula is C17H18BF2. The van der Waals surface area contributed by atoms with Crippen LogP contribution in [0.2, 0.25) is 0 Å². The summed E-state index contributed by atoms with van der Waals surface area (Å²) in [6.07, 6.45) is 1.53. The molecule has 0 aliphatic rings. The average molecular weight is 271 g/mol. The summed E-state index contributed by atoms with van der Waals surface area (Å²) < 4.78 is 26.6. The first-order valence-electron chi connectivity index (χ1n) is 6.88. The lowest BCUT2D eigenvalue weighted by Gasteiger charge is -2.28. The maximum Gasteiger partial charge on any atom is 0.129 e. The predicted molar refractivity (Wildman–Crippen MR) is 79.9 cm³/mol. The minimum absolute atomic E-state index is 0.214. The molecule has 1 unspecified atom stereocenters. The van der Waals surface area contributed by atoms with Crippen LogP contribution in [0.1, 0.15) is 31.4 Å². The van der Waals surface area contributed by atoms with Crippen molar-refractivity contribution in [1.29, 1.82) is 0 Å². The highest BCUT2D eigenvalue weighted by atomic mass is 19.1. The van der Waals surface area contributed by atoms with Crippen LogP contribution in [0.25, 0.3) is 0 Å². The summed E-state index contributed by atoms with van der Waals surface area (Å²) in [6.45, 7) is 4.16. The molecule has 0 aliphatic heterocycles. The van der Waals surface area contributed by atoms with Crippen LogP contribution in [-0.2, 0) is 11.6 Å². The fraction of sp³-hybridized carbons (Fsp3) is 0.294. The fourth-order valence-electron chi connectivity index (χ4n) is 2.32. The minimum Gasteiger partial charge on any atom is -0.207 e. The lowest BCUT2D eigenvalue weighted by atomic mass is 9.47. The third-order valence-electron chi connectivity index (χ3n) is 3.90. The van der Waals surface area contributed by atoms with E-state index in [1.807, 2.05) is 12.1 Å². The van der Waals surface area contributed by atoms with Crippen LogP contribution in [0, 0.1) is 11.6 Å². The van der Waals surface area contributed by atoms with Gasteiger partial charge in [0.1, 0.15) is 18.9 Å². The van der Waals surface area contributed by atoms with Crippen LogP contribution < -0.4 is 0 Å². The Morgan fingerprint density at radius 1 is 1.00 bits per heavy atom. The zero-order valence-electron chi connectivity index (χ0n) is 11.9. The fourth-order valence-corrected chi connectivity index (χ4v) is 2.32.